The van der Waals surface area contributed by atoms with Crippen molar-refractivity contribution in [2.24, 2.45) is 0 Å². The molecule has 0 heterocycles. The van der Waals surface area contributed by atoms with Gasteiger partial charge in [0.15, 0.2) is 6.61 Å². The predicted molar refractivity (Wildman–Crippen MR) is 92.4 cm³/mol. The molecule has 138 valence electrons. The fourth-order valence-electron chi connectivity index (χ4n) is 1.97. The number of benzene rings is 2. The van der Waals surface area contributed by atoms with Gasteiger partial charge in [-0.3, -0.25) is 9.59 Å². The summed E-state index contributed by atoms with van der Waals surface area (Å²) in [6.45, 7) is 0.658. The Morgan fingerprint density at radius 1 is 1.12 bits per heavy atom. The maximum absolute atomic E-state index is 12.8. The molecule has 26 heavy (non-hydrogen) atoms. The maximum Gasteiger partial charge on any atom is 0.321 e. The molecular formula is C17H17FN2O5S. The van der Waals surface area contributed by atoms with E-state index >= 15 is 0 Å². The van der Waals surface area contributed by atoms with Crippen LogP contribution in [0.15, 0.2) is 53.4 Å². The Hall–Kier alpha value is -2.78. The SMILES string of the molecule is Cc1cccc(NC(=O)COC(=O)CNS(=O)(=O)c2ccc(F)cc2)c1. The standard InChI is InChI=1S/C17H17FN2O5S/c1-12-3-2-4-14(9-12)20-16(21)11-25-17(22)10-19-26(23,24)15-7-5-13(18)6-8-15/h2-9,19H,10-11H2,1H3,(H,20,21). The van der Waals surface area contributed by atoms with E-state index < -0.39 is 40.9 Å². The van der Waals surface area contributed by atoms with Gasteiger partial charge in [0.1, 0.15) is 12.4 Å². The monoisotopic (exact) mass is 380 g/mol. The molecule has 0 spiro atoms. The van der Waals surface area contributed by atoms with E-state index in [4.69, 9.17) is 4.74 Å². The van der Waals surface area contributed by atoms with Gasteiger partial charge >= 0.3 is 5.97 Å². The van der Waals surface area contributed by atoms with Crippen molar-refractivity contribution in [2.45, 2.75) is 11.8 Å². The number of amides is 1. The number of hydrogen-bond acceptors (Lipinski definition) is 5. The van der Waals surface area contributed by atoms with E-state index in [-0.39, 0.29) is 4.90 Å². The normalized spacial score (nSPS) is 11.0. The van der Waals surface area contributed by atoms with Crippen LogP contribution in [-0.4, -0.2) is 33.4 Å². The molecule has 2 aromatic carbocycles. The molecule has 0 aromatic heterocycles. The van der Waals surface area contributed by atoms with Gasteiger partial charge in [-0.1, -0.05) is 12.1 Å². The molecule has 0 aliphatic carbocycles. The lowest BCUT2D eigenvalue weighted by Gasteiger charge is -2.08. The number of carbonyl (C=O) groups excluding carboxylic acids is 2. The number of halogens is 1. The van der Waals surface area contributed by atoms with Crippen molar-refractivity contribution in [1.82, 2.24) is 4.72 Å². The molecule has 0 saturated heterocycles. The highest BCUT2D eigenvalue weighted by molar-refractivity contribution is 7.89. The van der Waals surface area contributed by atoms with Crippen LogP contribution in [0.3, 0.4) is 0 Å². The van der Waals surface area contributed by atoms with E-state index in [9.17, 15) is 22.4 Å². The lowest BCUT2D eigenvalue weighted by atomic mass is 10.2. The van der Waals surface area contributed by atoms with Gasteiger partial charge in [0.05, 0.1) is 4.90 Å². The van der Waals surface area contributed by atoms with Crippen molar-refractivity contribution < 1.29 is 27.1 Å². The minimum absolute atomic E-state index is 0.191. The first-order valence-corrected chi connectivity index (χ1v) is 9.02. The summed E-state index contributed by atoms with van der Waals surface area (Å²) in [5.41, 5.74) is 1.51. The van der Waals surface area contributed by atoms with Crippen LogP contribution >= 0.6 is 0 Å². The second-order valence-electron chi connectivity index (χ2n) is 5.36. The quantitative estimate of drug-likeness (QED) is 0.711. The fourth-order valence-corrected chi connectivity index (χ4v) is 2.94. The molecule has 0 unspecified atom stereocenters. The van der Waals surface area contributed by atoms with Crippen molar-refractivity contribution in [3.63, 3.8) is 0 Å². The summed E-state index contributed by atoms with van der Waals surface area (Å²) in [4.78, 5) is 23.1. The van der Waals surface area contributed by atoms with Crippen LogP contribution < -0.4 is 10.0 Å². The van der Waals surface area contributed by atoms with Crippen molar-refractivity contribution in [3.05, 3.63) is 59.9 Å². The van der Waals surface area contributed by atoms with Gasteiger partial charge in [-0.25, -0.2) is 12.8 Å². The topological polar surface area (TPSA) is 102 Å². The van der Waals surface area contributed by atoms with Crippen LogP contribution in [0.2, 0.25) is 0 Å². The molecule has 0 radical (unpaired) electrons. The first-order valence-electron chi connectivity index (χ1n) is 7.54. The number of nitrogens with one attached hydrogen (secondary N) is 2. The average Bonchev–Trinajstić information content (AvgIpc) is 2.59. The molecule has 2 aromatic rings. The number of sulfonamides is 1. The molecule has 9 heteroatoms. The second-order valence-corrected chi connectivity index (χ2v) is 7.12. The highest BCUT2D eigenvalue weighted by Gasteiger charge is 2.16. The molecule has 0 aliphatic rings. The zero-order chi connectivity index (χ0) is 19.2. The highest BCUT2D eigenvalue weighted by atomic mass is 32.2. The first kappa shape index (κ1) is 19.5. The third kappa shape index (κ3) is 5.94. The molecule has 0 aliphatic heterocycles. The van der Waals surface area contributed by atoms with Gasteiger partial charge in [0, 0.05) is 5.69 Å². The smallest absolute Gasteiger partial charge is 0.321 e. The summed E-state index contributed by atoms with van der Waals surface area (Å²) >= 11 is 0. The lowest BCUT2D eigenvalue weighted by molar-refractivity contribution is -0.146. The van der Waals surface area contributed by atoms with E-state index in [1.54, 1.807) is 18.2 Å². The summed E-state index contributed by atoms with van der Waals surface area (Å²) in [6.07, 6.45) is 0. The molecular weight excluding hydrogens is 363 g/mol. The van der Waals surface area contributed by atoms with Crippen molar-refractivity contribution >= 4 is 27.6 Å². The summed E-state index contributed by atoms with van der Waals surface area (Å²) in [7, 11) is -3.98. The predicted octanol–water partition coefficient (Wildman–Crippen LogP) is 1.59. The maximum atomic E-state index is 12.8. The minimum Gasteiger partial charge on any atom is -0.455 e. The molecule has 0 atom stereocenters. The molecule has 7 nitrogen and oxygen atoms in total. The van der Waals surface area contributed by atoms with Crippen LogP contribution in [0.4, 0.5) is 10.1 Å². The van der Waals surface area contributed by atoms with Crippen LogP contribution in [0, 0.1) is 12.7 Å². The number of esters is 1. The van der Waals surface area contributed by atoms with Gasteiger partial charge in [-0.15, -0.1) is 0 Å². The average molecular weight is 380 g/mol. The number of hydrogen-bond donors (Lipinski definition) is 2. The Morgan fingerprint density at radius 3 is 2.46 bits per heavy atom. The van der Waals surface area contributed by atoms with Crippen LogP contribution in [-0.2, 0) is 24.3 Å². The number of carbonyl (C=O) groups is 2. The highest BCUT2D eigenvalue weighted by Crippen LogP contribution is 2.10. The second kappa shape index (κ2) is 8.54. The van der Waals surface area contributed by atoms with Gasteiger partial charge in [0.2, 0.25) is 10.0 Å². The molecule has 2 N–H and O–H groups in total. The molecule has 0 fully saturated rings. The van der Waals surface area contributed by atoms with Gasteiger partial charge < -0.3 is 10.1 Å². The van der Waals surface area contributed by atoms with Crippen molar-refractivity contribution in [1.29, 1.82) is 0 Å². The van der Waals surface area contributed by atoms with E-state index in [0.29, 0.717) is 5.69 Å². The summed E-state index contributed by atoms with van der Waals surface area (Å²) in [5.74, 6) is -2.05. The van der Waals surface area contributed by atoms with Gasteiger partial charge in [0.25, 0.3) is 5.91 Å². The van der Waals surface area contributed by atoms with Crippen LogP contribution in [0.25, 0.3) is 0 Å². The zero-order valence-electron chi connectivity index (χ0n) is 13.9. The molecule has 0 bridgehead atoms. The summed E-state index contributed by atoms with van der Waals surface area (Å²) < 4.78 is 43.4. The Kier molecular flexibility index (Phi) is 6.42. The van der Waals surface area contributed by atoms with Crippen molar-refractivity contribution in [3.8, 4) is 0 Å². The van der Waals surface area contributed by atoms with Crippen LogP contribution in [0.1, 0.15) is 5.56 Å². The van der Waals surface area contributed by atoms with E-state index in [0.717, 1.165) is 29.8 Å². The molecule has 0 saturated carbocycles. The number of ether oxygens (including phenoxy) is 1. The largest absolute Gasteiger partial charge is 0.455 e. The Balaban J connectivity index is 1.79. The lowest BCUT2D eigenvalue weighted by Crippen LogP contribution is -2.32. The van der Waals surface area contributed by atoms with Crippen molar-refractivity contribution in [2.75, 3.05) is 18.5 Å². The zero-order valence-corrected chi connectivity index (χ0v) is 14.7. The Bertz CT molecular complexity index is 898. The Labute approximate surface area is 150 Å². The Morgan fingerprint density at radius 2 is 1.81 bits per heavy atom. The molecule has 1 amide bonds. The van der Waals surface area contributed by atoms with E-state index in [1.807, 2.05) is 17.7 Å². The third-order valence-corrected chi connectivity index (χ3v) is 4.61. The third-order valence-electron chi connectivity index (χ3n) is 3.20. The van der Waals surface area contributed by atoms with Gasteiger partial charge in [-0.05, 0) is 48.9 Å². The summed E-state index contributed by atoms with van der Waals surface area (Å²) in [5, 5.41) is 2.55. The fraction of sp³-hybridized carbons (Fsp3) is 0.176. The van der Waals surface area contributed by atoms with E-state index in [2.05, 4.69) is 5.32 Å². The van der Waals surface area contributed by atoms with E-state index in [1.165, 1.54) is 0 Å². The van der Waals surface area contributed by atoms with Crippen LogP contribution in [0.5, 0.6) is 0 Å². The minimum atomic E-state index is -3.98. The molecule has 2 rings (SSSR count). The first-order chi connectivity index (χ1) is 12.3. The number of aryl methyl sites for hydroxylation is 1. The summed E-state index contributed by atoms with van der Waals surface area (Å²) in [6, 6.07) is 11.2. The van der Waals surface area contributed by atoms with Gasteiger partial charge in [-0.2, -0.15) is 4.72 Å². The number of anilines is 1. The number of rotatable bonds is 7.